The number of rotatable bonds is 4. The molecule has 1 aromatic heterocycles. The third-order valence-electron chi connectivity index (χ3n) is 3.75. The molecule has 1 heterocycles. The minimum Gasteiger partial charge on any atom is -0.315 e. The molecule has 94 valence electrons. The molecule has 1 atom stereocenters. The Balaban J connectivity index is 2.09. The second-order valence-corrected chi connectivity index (χ2v) is 4.96. The van der Waals surface area contributed by atoms with Gasteiger partial charge in [0.05, 0.1) is 6.33 Å². The van der Waals surface area contributed by atoms with Crippen LogP contribution in [0.5, 0.6) is 0 Å². The van der Waals surface area contributed by atoms with Crippen LogP contribution < -0.4 is 10.9 Å². The molecule has 4 heteroatoms. The average Bonchev–Trinajstić information content (AvgIpc) is 2.81. The van der Waals surface area contributed by atoms with Gasteiger partial charge < -0.3 is 5.32 Å². The van der Waals surface area contributed by atoms with E-state index in [1.807, 2.05) is 14.0 Å². The minimum absolute atomic E-state index is 0.0516. The number of nitrogens with zero attached hydrogens (tertiary/aromatic N) is 2. The maximum atomic E-state index is 11.8. The van der Waals surface area contributed by atoms with Gasteiger partial charge in [-0.25, -0.2) is 4.98 Å². The molecule has 1 aliphatic carbocycles. The highest BCUT2D eigenvalue weighted by molar-refractivity contribution is 4.96. The lowest BCUT2D eigenvalue weighted by molar-refractivity contribution is 0.335. The Labute approximate surface area is 102 Å². The average molecular weight is 235 g/mol. The first-order chi connectivity index (χ1) is 8.20. The SMILES string of the molecule is CNC(Cn1cnc(C)cc1=O)C1CCCC1. The van der Waals surface area contributed by atoms with Crippen molar-refractivity contribution >= 4 is 0 Å². The Kier molecular flexibility index (Phi) is 3.94. The van der Waals surface area contributed by atoms with E-state index < -0.39 is 0 Å². The Morgan fingerprint density at radius 3 is 2.82 bits per heavy atom. The van der Waals surface area contributed by atoms with Gasteiger partial charge in [0, 0.05) is 24.3 Å². The molecule has 0 aliphatic heterocycles. The largest absolute Gasteiger partial charge is 0.315 e. The first-order valence-corrected chi connectivity index (χ1v) is 6.41. The van der Waals surface area contributed by atoms with Crippen molar-refractivity contribution in [3.05, 3.63) is 28.4 Å². The van der Waals surface area contributed by atoms with E-state index in [9.17, 15) is 4.79 Å². The zero-order chi connectivity index (χ0) is 12.3. The number of nitrogens with one attached hydrogen (secondary N) is 1. The van der Waals surface area contributed by atoms with Crippen molar-refractivity contribution in [1.29, 1.82) is 0 Å². The second kappa shape index (κ2) is 5.45. The second-order valence-electron chi connectivity index (χ2n) is 4.96. The van der Waals surface area contributed by atoms with Crippen molar-refractivity contribution in [2.45, 2.75) is 45.2 Å². The first-order valence-electron chi connectivity index (χ1n) is 6.41. The number of aromatic nitrogens is 2. The van der Waals surface area contributed by atoms with Crippen LogP contribution in [0.25, 0.3) is 0 Å². The van der Waals surface area contributed by atoms with E-state index in [2.05, 4.69) is 10.3 Å². The molecular formula is C13H21N3O. The zero-order valence-electron chi connectivity index (χ0n) is 10.6. The standard InChI is InChI=1S/C13H21N3O/c1-10-7-13(17)16(9-15-10)8-12(14-2)11-5-3-4-6-11/h7,9,11-12,14H,3-6,8H2,1-2H3. The molecule has 0 aromatic carbocycles. The molecule has 1 unspecified atom stereocenters. The van der Waals surface area contributed by atoms with Crippen LogP contribution in [0.15, 0.2) is 17.2 Å². The highest BCUT2D eigenvalue weighted by atomic mass is 16.1. The summed E-state index contributed by atoms with van der Waals surface area (Å²) in [6, 6.07) is 1.99. The third kappa shape index (κ3) is 2.94. The Morgan fingerprint density at radius 1 is 1.53 bits per heavy atom. The van der Waals surface area contributed by atoms with Crippen LogP contribution in [-0.2, 0) is 6.54 Å². The highest BCUT2D eigenvalue weighted by Crippen LogP contribution is 2.28. The van der Waals surface area contributed by atoms with E-state index in [4.69, 9.17) is 0 Å². The van der Waals surface area contributed by atoms with Crippen LogP contribution in [0.4, 0.5) is 0 Å². The number of aryl methyl sites for hydroxylation is 1. The molecule has 17 heavy (non-hydrogen) atoms. The molecule has 1 aromatic rings. The molecule has 0 spiro atoms. The number of hydrogen-bond acceptors (Lipinski definition) is 3. The van der Waals surface area contributed by atoms with Gasteiger partial charge in [0.15, 0.2) is 0 Å². The van der Waals surface area contributed by atoms with E-state index in [-0.39, 0.29) is 5.56 Å². The smallest absolute Gasteiger partial charge is 0.253 e. The summed E-state index contributed by atoms with van der Waals surface area (Å²) >= 11 is 0. The van der Waals surface area contributed by atoms with Crippen molar-refractivity contribution in [3.63, 3.8) is 0 Å². The predicted octanol–water partition coefficient (Wildman–Crippen LogP) is 1.33. The van der Waals surface area contributed by atoms with E-state index in [0.717, 1.165) is 12.2 Å². The van der Waals surface area contributed by atoms with Crippen LogP contribution >= 0.6 is 0 Å². The summed E-state index contributed by atoms with van der Waals surface area (Å²) in [7, 11) is 1.98. The first kappa shape index (κ1) is 12.3. The molecule has 0 bridgehead atoms. The van der Waals surface area contributed by atoms with Crippen LogP contribution in [0.3, 0.4) is 0 Å². The summed E-state index contributed by atoms with van der Waals surface area (Å²) in [6.07, 6.45) is 6.86. The summed E-state index contributed by atoms with van der Waals surface area (Å²) in [5.74, 6) is 0.702. The maximum Gasteiger partial charge on any atom is 0.253 e. The fourth-order valence-corrected chi connectivity index (χ4v) is 2.70. The fourth-order valence-electron chi connectivity index (χ4n) is 2.70. The van der Waals surface area contributed by atoms with Gasteiger partial charge in [-0.15, -0.1) is 0 Å². The minimum atomic E-state index is 0.0516. The van der Waals surface area contributed by atoms with Crippen molar-refractivity contribution < 1.29 is 0 Å². The summed E-state index contributed by atoms with van der Waals surface area (Å²) in [5, 5.41) is 3.35. The van der Waals surface area contributed by atoms with Gasteiger partial charge in [-0.3, -0.25) is 9.36 Å². The van der Waals surface area contributed by atoms with Crippen molar-refractivity contribution in [3.8, 4) is 0 Å². The van der Waals surface area contributed by atoms with Crippen molar-refractivity contribution in [2.75, 3.05) is 7.05 Å². The summed E-state index contributed by atoms with van der Waals surface area (Å²) in [6.45, 7) is 2.57. The van der Waals surface area contributed by atoms with Gasteiger partial charge in [-0.05, 0) is 32.7 Å². The van der Waals surface area contributed by atoms with Gasteiger partial charge in [-0.1, -0.05) is 12.8 Å². The van der Waals surface area contributed by atoms with E-state index >= 15 is 0 Å². The third-order valence-corrected chi connectivity index (χ3v) is 3.75. The molecule has 1 aliphatic rings. The topological polar surface area (TPSA) is 46.9 Å². The van der Waals surface area contributed by atoms with E-state index in [1.165, 1.54) is 25.7 Å². The Morgan fingerprint density at radius 2 is 2.24 bits per heavy atom. The molecule has 4 nitrogen and oxygen atoms in total. The lowest BCUT2D eigenvalue weighted by atomic mass is 9.98. The van der Waals surface area contributed by atoms with Crippen molar-refractivity contribution in [1.82, 2.24) is 14.9 Å². The van der Waals surface area contributed by atoms with E-state index in [0.29, 0.717) is 12.0 Å². The fraction of sp³-hybridized carbons (Fsp3) is 0.692. The van der Waals surface area contributed by atoms with Crippen LogP contribution in [0, 0.1) is 12.8 Å². The summed E-state index contributed by atoms with van der Waals surface area (Å²) in [5.41, 5.74) is 0.837. The lowest BCUT2D eigenvalue weighted by Crippen LogP contribution is -2.39. The number of likely N-dealkylation sites (N-methyl/N-ethyl adjacent to an activating group) is 1. The highest BCUT2D eigenvalue weighted by Gasteiger charge is 2.24. The Hall–Kier alpha value is -1.16. The molecule has 1 saturated carbocycles. The van der Waals surface area contributed by atoms with Gasteiger partial charge in [0.25, 0.3) is 5.56 Å². The molecule has 1 N–H and O–H groups in total. The zero-order valence-corrected chi connectivity index (χ0v) is 10.6. The molecule has 0 amide bonds. The number of hydrogen-bond donors (Lipinski definition) is 1. The van der Waals surface area contributed by atoms with Gasteiger partial charge in [0.1, 0.15) is 0 Å². The predicted molar refractivity (Wildman–Crippen MR) is 68.0 cm³/mol. The molecule has 2 rings (SSSR count). The summed E-state index contributed by atoms with van der Waals surface area (Å²) in [4.78, 5) is 16.0. The maximum absolute atomic E-state index is 11.8. The molecule has 0 radical (unpaired) electrons. The van der Waals surface area contributed by atoms with Gasteiger partial charge >= 0.3 is 0 Å². The monoisotopic (exact) mass is 235 g/mol. The van der Waals surface area contributed by atoms with Crippen LogP contribution in [0.2, 0.25) is 0 Å². The molecule has 1 fully saturated rings. The quantitative estimate of drug-likeness (QED) is 0.856. The van der Waals surface area contributed by atoms with Crippen molar-refractivity contribution in [2.24, 2.45) is 5.92 Å². The van der Waals surface area contributed by atoms with E-state index in [1.54, 1.807) is 17.0 Å². The normalized spacial score (nSPS) is 18.5. The Bertz CT molecular complexity index is 421. The lowest BCUT2D eigenvalue weighted by Gasteiger charge is -2.23. The van der Waals surface area contributed by atoms with Gasteiger partial charge in [0.2, 0.25) is 0 Å². The van der Waals surface area contributed by atoms with Crippen LogP contribution in [0.1, 0.15) is 31.4 Å². The molecule has 0 saturated heterocycles. The van der Waals surface area contributed by atoms with Gasteiger partial charge in [-0.2, -0.15) is 0 Å². The molecular weight excluding hydrogens is 214 g/mol. The summed E-state index contributed by atoms with van der Waals surface area (Å²) < 4.78 is 1.71. The van der Waals surface area contributed by atoms with Crippen LogP contribution in [-0.4, -0.2) is 22.6 Å².